The van der Waals surface area contributed by atoms with Gasteiger partial charge in [-0.3, -0.25) is 5.11 Å². The lowest BCUT2D eigenvalue weighted by molar-refractivity contribution is 0.354. The normalized spacial score (nSPS) is 11.7. The van der Waals surface area contributed by atoms with Gasteiger partial charge in [0.15, 0.2) is 5.75 Å². The molecule has 0 bridgehead atoms. The first-order valence-electron chi connectivity index (χ1n) is 7.84. The fourth-order valence-corrected chi connectivity index (χ4v) is 2.57. The highest BCUT2D eigenvalue weighted by Crippen LogP contribution is 2.30. The minimum absolute atomic E-state index is 0.107. The maximum Gasteiger partial charge on any atom is 0.178 e. The van der Waals surface area contributed by atoms with Crippen molar-refractivity contribution in [2.24, 2.45) is 0 Å². The minimum atomic E-state index is 0.107. The van der Waals surface area contributed by atoms with E-state index in [1.807, 2.05) is 12.1 Å². The lowest BCUT2D eigenvalue weighted by atomic mass is 9.80. The van der Waals surface area contributed by atoms with Crippen LogP contribution in [0, 0.1) is 0 Å². The Bertz CT molecular complexity index is 337. The summed E-state index contributed by atoms with van der Waals surface area (Å²) in [6.07, 6.45) is 10.7. The van der Waals surface area contributed by atoms with Crippen molar-refractivity contribution >= 4 is 0 Å². The second-order valence-electron chi connectivity index (χ2n) is 6.28. The van der Waals surface area contributed by atoms with Crippen molar-refractivity contribution in [2.45, 2.75) is 77.6 Å². The van der Waals surface area contributed by atoms with Crippen LogP contribution in [0.15, 0.2) is 24.3 Å². The van der Waals surface area contributed by atoms with Gasteiger partial charge in [-0.25, -0.2) is 0 Å². The predicted molar refractivity (Wildman–Crippen MR) is 82.2 cm³/mol. The van der Waals surface area contributed by atoms with Crippen LogP contribution in [0.1, 0.15) is 77.7 Å². The average molecular weight is 261 g/mol. The van der Waals surface area contributed by atoms with E-state index < -0.39 is 0 Å². The molecule has 1 aromatic carbocycles. The summed E-state index contributed by atoms with van der Waals surface area (Å²) in [6.45, 7) is 6.82. The predicted octanol–water partition coefficient (Wildman–Crippen LogP) is 6.25. The van der Waals surface area contributed by atoms with Crippen LogP contribution in [0.5, 0.6) is 5.75 Å². The molecular formula is C18H29O. The van der Waals surface area contributed by atoms with Crippen molar-refractivity contribution in [3.63, 3.8) is 0 Å². The van der Waals surface area contributed by atoms with E-state index in [1.54, 1.807) is 12.1 Å². The topological polar surface area (TPSA) is 19.9 Å². The van der Waals surface area contributed by atoms with E-state index in [1.165, 1.54) is 56.9 Å². The van der Waals surface area contributed by atoms with Gasteiger partial charge in [-0.15, -0.1) is 0 Å². The smallest absolute Gasteiger partial charge is 0.178 e. The number of rotatable bonds is 9. The van der Waals surface area contributed by atoms with Gasteiger partial charge >= 0.3 is 0 Å². The summed E-state index contributed by atoms with van der Waals surface area (Å²) in [5.74, 6) is 0.107. The molecule has 1 radical (unpaired) electrons. The Morgan fingerprint density at radius 1 is 0.842 bits per heavy atom. The third-order valence-electron chi connectivity index (χ3n) is 4.04. The Morgan fingerprint density at radius 3 is 1.95 bits per heavy atom. The Kier molecular flexibility index (Phi) is 6.97. The van der Waals surface area contributed by atoms with Gasteiger partial charge in [0.25, 0.3) is 0 Å². The molecule has 0 aliphatic rings. The maximum atomic E-state index is 11.1. The van der Waals surface area contributed by atoms with Gasteiger partial charge in [-0.05, 0) is 29.5 Å². The van der Waals surface area contributed by atoms with E-state index in [0.717, 1.165) is 0 Å². The monoisotopic (exact) mass is 261 g/mol. The molecule has 0 saturated carbocycles. The van der Waals surface area contributed by atoms with Crippen LogP contribution in [0.4, 0.5) is 0 Å². The number of unbranched alkanes of at least 4 members (excludes halogenated alkanes) is 6. The van der Waals surface area contributed by atoms with E-state index in [0.29, 0.717) is 0 Å². The first-order valence-corrected chi connectivity index (χ1v) is 7.84. The minimum Gasteiger partial charge on any atom is -0.290 e. The third-order valence-corrected chi connectivity index (χ3v) is 4.04. The van der Waals surface area contributed by atoms with Gasteiger partial charge in [0.05, 0.1) is 0 Å². The van der Waals surface area contributed by atoms with Crippen molar-refractivity contribution < 1.29 is 5.11 Å². The molecular weight excluding hydrogens is 232 g/mol. The molecule has 0 saturated heterocycles. The summed E-state index contributed by atoms with van der Waals surface area (Å²) in [7, 11) is 0. The molecule has 1 aromatic rings. The van der Waals surface area contributed by atoms with Gasteiger partial charge in [-0.2, -0.15) is 0 Å². The largest absolute Gasteiger partial charge is 0.290 e. The fourth-order valence-electron chi connectivity index (χ4n) is 2.57. The van der Waals surface area contributed by atoms with E-state index in [4.69, 9.17) is 0 Å². The summed E-state index contributed by atoms with van der Waals surface area (Å²) in [5.41, 5.74) is 1.48. The van der Waals surface area contributed by atoms with Crippen LogP contribution in [-0.4, -0.2) is 0 Å². The zero-order valence-corrected chi connectivity index (χ0v) is 12.9. The number of benzene rings is 1. The van der Waals surface area contributed by atoms with E-state index in [2.05, 4.69) is 20.8 Å². The molecule has 1 nitrogen and oxygen atoms in total. The molecule has 0 fully saturated rings. The van der Waals surface area contributed by atoms with Crippen molar-refractivity contribution in [2.75, 3.05) is 0 Å². The lowest BCUT2D eigenvalue weighted by Crippen LogP contribution is -2.16. The quantitative estimate of drug-likeness (QED) is 0.468. The highest BCUT2D eigenvalue weighted by atomic mass is 16.3. The SMILES string of the molecule is CCCCCCCCCC(C)(C)c1ccc([O])cc1. The first-order chi connectivity index (χ1) is 9.06. The molecule has 0 N–H and O–H groups in total. The number of hydrogen-bond donors (Lipinski definition) is 0. The molecule has 0 atom stereocenters. The molecule has 0 aromatic heterocycles. The average Bonchev–Trinajstić information content (AvgIpc) is 2.38. The Balaban J connectivity index is 2.25. The Labute approximate surface area is 119 Å². The fraction of sp³-hybridized carbons (Fsp3) is 0.667. The highest BCUT2D eigenvalue weighted by molar-refractivity contribution is 5.30. The standard InChI is InChI=1S/C18H29O/c1-4-5-6-7-8-9-10-15-18(2,3)16-11-13-17(19)14-12-16/h11-14H,4-10,15H2,1-3H3. The molecule has 0 unspecified atom stereocenters. The summed E-state index contributed by atoms with van der Waals surface area (Å²) in [6, 6.07) is 7.34. The van der Waals surface area contributed by atoms with Crippen molar-refractivity contribution in [1.82, 2.24) is 0 Å². The highest BCUT2D eigenvalue weighted by Gasteiger charge is 2.19. The van der Waals surface area contributed by atoms with Gasteiger partial charge in [0, 0.05) is 0 Å². The van der Waals surface area contributed by atoms with Crippen LogP contribution in [0.3, 0.4) is 0 Å². The van der Waals surface area contributed by atoms with Crippen LogP contribution >= 0.6 is 0 Å². The summed E-state index contributed by atoms with van der Waals surface area (Å²) in [5, 5.41) is 11.1. The van der Waals surface area contributed by atoms with E-state index in [9.17, 15) is 5.11 Å². The van der Waals surface area contributed by atoms with E-state index in [-0.39, 0.29) is 11.2 Å². The Morgan fingerprint density at radius 2 is 1.37 bits per heavy atom. The molecule has 1 heteroatoms. The van der Waals surface area contributed by atoms with Crippen molar-refractivity contribution in [3.8, 4) is 5.75 Å². The molecule has 107 valence electrons. The summed E-state index contributed by atoms with van der Waals surface area (Å²) >= 11 is 0. The van der Waals surface area contributed by atoms with Gasteiger partial charge in [-0.1, -0.05) is 77.8 Å². The van der Waals surface area contributed by atoms with Gasteiger partial charge in [0.1, 0.15) is 0 Å². The lowest BCUT2D eigenvalue weighted by Gasteiger charge is -2.25. The van der Waals surface area contributed by atoms with Crippen LogP contribution < -0.4 is 0 Å². The summed E-state index contributed by atoms with van der Waals surface area (Å²) < 4.78 is 0. The van der Waals surface area contributed by atoms with E-state index >= 15 is 0 Å². The number of hydrogen-bond acceptors (Lipinski definition) is 0. The maximum absolute atomic E-state index is 11.1. The molecule has 0 amide bonds. The second-order valence-corrected chi connectivity index (χ2v) is 6.28. The van der Waals surface area contributed by atoms with Crippen LogP contribution in [0.25, 0.3) is 0 Å². The molecule has 0 aliphatic carbocycles. The first kappa shape index (κ1) is 16.1. The zero-order valence-electron chi connectivity index (χ0n) is 12.9. The van der Waals surface area contributed by atoms with Crippen LogP contribution in [-0.2, 0) is 10.5 Å². The van der Waals surface area contributed by atoms with Gasteiger partial charge < -0.3 is 0 Å². The molecule has 0 aliphatic heterocycles. The van der Waals surface area contributed by atoms with Crippen molar-refractivity contribution in [3.05, 3.63) is 29.8 Å². The third kappa shape index (κ3) is 6.13. The summed E-state index contributed by atoms with van der Waals surface area (Å²) in [4.78, 5) is 0. The molecule has 0 heterocycles. The van der Waals surface area contributed by atoms with Crippen LogP contribution in [0.2, 0.25) is 0 Å². The molecule has 19 heavy (non-hydrogen) atoms. The van der Waals surface area contributed by atoms with Crippen molar-refractivity contribution in [1.29, 1.82) is 0 Å². The second kappa shape index (κ2) is 8.24. The molecule has 1 rings (SSSR count). The zero-order chi connectivity index (χ0) is 14.1. The Hall–Kier alpha value is -0.980. The van der Waals surface area contributed by atoms with Gasteiger partial charge in [0.2, 0.25) is 0 Å². The molecule has 0 spiro atoms.